The van der Waals surface area contributed by atoms with Gasteiger partial charge in [0.15, 0.2) is 4.34 Å². The molecule has 0 spiro atoms. The largest absolute Gasteiger partial charge is 0.350 e. The van der Waals surface area contributed by atoms with Crippen molar-refractivity contribution in [2.45, 2.75) is 4.34 Å². The molecule has 1 aromatic heterocycles. The maximum absolute atomic E-state index is 10.2. The first-order valence-electron chi connectivity index (χ1n) is 2.91. The van der Waals surface area contributed by atoms with Crippen LogP contribution in [0.2, 0.25) is 0 Å². The van der Waals surface area contributed by atoms with E-state index in [2.05, 4.69) is 21.0 Å². The molecule has 4 N–H and O–H groups in total. The van der Waals surface area contributed by atoms with E-state index >= 15 is 0 Å². The fraction of sp³-hybridized carbons (Fsp3) is 0.250. The molecule has 0 radical (unpaired) electrons. The number of thioether (sulfide) groups is 1. The molecule has 0 fully saturated rings. The maximum atomic E-state index is 10.2. The predicted molar refractivity (Wildman–Crippen MR) is 48.0 cm³/mol. The van der Waals surface area contributed by atoms with E-state index in [9.17, 15) is 4.79 Å². The fourth-order valence-corrected chi connectivity index (χ4v) is 1.58. The van der Waals surface area contributed by atoms with Crippen molar-refractivity contribution in [1.29, 1.82) is 0 Å². The van der Waals surface area contributed by atoms with Crippen molar-refractivity contribution in [2.75, 3.05) is 11.7 Å². The highest BCUT2D eigenvalue weighted by Crippen LogP contribution is 2.22. The molecule has 0 aliphatic heterocycles. The van der Waals surface area contributed by atoms with Gasteiger partial charge in [0.1, 0.15) is 0 Å². The molecule has 0 unspecified atom stereocenters. The molecular formula is C4H7N5OS2. The van der Waals surface area contributed by atoms with Gasteiger partial charge in [-0.3, -0.25) is 5.43 Å². The summed E-state index contributed by atoms with van der Waals surface area (Å²) < 4.78 is 0.823. The molecule has 6 nitrogen and oxygen atoms in total. The number of urea groups is 1. The van der Waals surface area contributed by atoms with Gasteiger partial charge in [0.2, 0.25) is 5.13 Å². The zero-order valence-corrected chi connectivity index (χ0v) is 7.83. The highest BCUT2D eigenvalue weighted by Gasteiger charge is 2.01. The molecule has 0 aliphatic carbocycles. The van der Waals surface area contributed by atoms with Crippen molar-refractivity contribution >= 4 is 34.3 Å². The average molecular weight is 205 g/mol. The summed E-state index contributed by atoms with van der Waals surface area (Å²) in [6.07, 6.45) is 1.89. The van der Waals surface area contributed by atoms with Crippen molar-refractivity contribution in [1.82, 2.24) is 15.6 Å². The summed E-state index contributed by atoms with van der Waals surface area (Å²) in [5, 5.41) is 8.03. The normalized spacial score (nSPS) is 9.42. The number of nitrogens with one attached hydrogen (secondary N) is 2. The summed E-state index contributed by atoms with van der Waals surface area (Å²) in [7, 11) is 0. The van der Waals surface area contributed by atoms with Gasteiger partial charge in [-0.05, 0) is 6.26 Å². The molecule has 66 valence electrons. The lowest BCUT2D eigenvalue weighted by atomic mass is 11.1. The summed E-state index contributed by atoms with van der Waals surface area (Å²) in [6, 6.07) is -0.657. The number of amides is 2. The first-order valence-corrected chi connectivity index (χ1v) is 4.95. The third kappa shape index (κ3) is 2.55. The Labute approximate surface area is 76.9 Å². The Morgan fingerprint density at radius 1 is 1.67 bits per heavy atom. The topological polar surface area (TPSA) is 92.9 Å². The van der Waals surface area contributed by atoms with E-state index in [-0.39, 0.29) is 0 Å². The summed E-state index contributed by atoms with van der Waals surface area (Å²) in [6.45, 7) is 0. The van der Waals surface area contributed by atoms with E-state index in [0.717, 1.165) is 4.34 Å². The number of rotatable bonds is 3. The van der Waals surface area contributed by atoms with Crippen LogP contribution in [-0.2, 0) is 0 Å². The number of hydrogen-bond donors (Lipinski definition) is 3. The number of aromatic nitrogens is 2. The lowest BCUT2D eigenvalue weighted by Gasteiger charge is -1.98. The van der Waals surface area contributed by atoms with Crippen LogP contribution in [0.15, 0.2) is 4.34 Å². The van der Waals surface area contributed by atoms with Crippen LogP contribution in [0, 0.1) is 0 Å². The van der Waals surface area contributed by atoms with Gasteiger partial charge in [-0.25, -0.2) is 10.2 Å². The third-order valence-corrected chi connectivity index (χ3v) is 2.69. The number of carbonyl (C=O) groups excluding carboxylic acids is 1. The van der Waals surface area contributed by atoms with Crippen molar-refractivity contribution in [2.24, 2.45) is 5.73 Å². The number of primary amides is 1. The second-order valence-corrected chi connectivity index (χ2v) is 3.72. The number of hydrogen-bond acceptors (Lipinski definition) is 6. The van der Waals surface area contributed by atoms with E-state index in [1.807, 2.05) is 6.26 Å². The van der Waals surface area contributed by atoms with Gasteiger partial charge in [-0.2, -0.15) is 0 Å². The van der Waals surface area contributed by atoms with Crippen molar-refractivity contribution in [3.8, 4) is 0 Å². The fourth-order valence-electron chi connectivity index (χ4n) is 0.458. The predicted octanol–water partition coefficient (Wildman–Crippen LogP) is 0.255. The zero-order valence-electron chi connectivity index (χ0n) is 6.20. The highest BCUT2D eigenvalue weighted by atomic mass is 32.2. The van der Waals surface area contributed by atoms with Crippen LogP contribution in [0.25, 0.3) is 0 Å². The maximum Gasteiger partial charge on any atom is 0.330 e. The van der Waals surface area contributed by atoms with Gasteiger partial charge in [0, 0.05) is 0 Å². The number of carbonyl (C=O) groups is 1. The third-order valence-electron chi connectivity index (χ3n) is 0.874. The van der Waals surface area contributed by atoms with Gasteiger partial charge in [-0.1, -0.05) is 23.1 Å². The Morgan fingerprint density at radius 2 is 2.42 bits per heavy atom. The smallest absolute Gasteiger partial charge is 0.330 e. The van der Waals surface area contributed by atoms with Gasteiger partial charge in [0.05, 0.1) is 0 Å². The lowest BCUT2D eigenvalue weighted by Crippen LogP contribution is -2.34. The Morgan fingerprint density at radius 3 is 2.92 bits per heavy atom. The molecule has 1 aromatic rings. The van der Waals surface area contributed by atoms with Gasteiger partial charge >= 0.3 is 6.03 Å². The van der Waals surface area contributed by atoms with Gasteiger partial charge in [-0.15, -0.1) is 10.2 Å². The lowest BCUT2D eigenvalue weighted by molar-refractivity contribution is 0.250. The molecule has 1 heterocycles. The van der Waals surface area contributed by atoms with Crippen molar-refractivity contribution < 1.29 is 4.79 Å². The van der Waals surface area contributed by atoms with E-state index in [4.69, 9.17) is 5.73 Å². The minimum Gasteiger partial charge on any atom is -0.350 e. The summed E-state index contributed by atoms with van der Waals surface area (Å²) >= 11 is 2.82. The Kier molecular flexibility index (Phi) is 3.11. The number of nitrogens with zero attached hydrogens (tertiary/aromatic N) is 2. The standard InChI is InChI=1S/C4H7N5OS2/c1-11-4-9-8-3(12-4)7-6-2(5)10/h1H3,(H,7,8)(H3,5,6,10). The van der Waals surface area contributed by atoms with Crippen LogP contribution in [0.5, 0.6) is 0 Å². The van der Waals surface area contributed by atoms with Crippen LogP contribution in [-0.4, -0.2) is 22.5 Å². The molecule has 2 amide bonds. The Balaban J connectivity index is 2.47. The second kappa shape index (κ2) is 4.12. The number of nitrogens with two attached hydrogens (primary N) is 1. The molecule has 0 bridgehead atoms. The molecule has 8 heteroatoms. The van der Waals surface area contributed by atoms with Gasteiger partial charge < -0.3 is 5.73 Å². The van der Waals surface area contributed by atoms with Crippen LogP contribution < -0.4 is 16.6 Å². The number of hydrazine groups is 1. The summed E-state index contributed by atoms with van der Waals surface area (Å²) in [4.78, 5) is 10.2. The van der Waals surface area contributed by atoms with Crippen molar-refractivity contribution in [3.63, 3.8) is 0 Å². The van der Waals surface area contributed by atoms with E-state index < -0.39 is 6.03 Å². The first kappa shape index (κ1) is 9.07. The Bertz CT molecular complexity index is 274. The average Bonchev–Trinajstić information content (AvgIpc) is 2.48. The molecule has 0 aromatic carbocycles. The van der Waals surface area contributed by atoms with Crippen molar-refractivity contribution in [3.05, 3.63) is 0 Å². The molecule has 0 saturated heterocycles. The van der Waals surface area contributed by atoms with E-state index in [0.29, 0.717) is 5.13 Å². The monoisotopic (exact) mass is 205 g/mol. The quantitative estimate of drug-likeness (QED) is 0.486. The van der Waals surface area contributed by atoms with Gasteiger partial charge in [0.25, 0.3) is 0 Å². The Hall–Kier alpha value is -1.02. The minimum atomic E-state index is -0.657. The molecule has 1 rings (SSSR count). The molecular weight excluding hydrogens is 198 g/mol. The second-order valence-electron chi connectivity index (χ2n) is 1.69. The first-order chi connectivity index (χ1) is 5.72. The zero-order chi connectivity index (χ0) is 8.97. The summed E-state index contributed by atoms with van der Waals surface area (Å²) in [5.41, 5.74) is 9.51. The van der Waals surface area contributed by atoms with Crippen LogP contribution in [0.1, 0.15) is 0 Å². The molecule has 0 aliphatic rings. The minimum absolute atomic E-state index is 0.512. The SMILES string of the molecule is CSc1nnc(NNC(N)=O)s1. The van der Waals surface area contributed by atoms with Crippen LogP contribution in [0.3, 0.4) is 0 Å². The molecule has 0 saturated carbocycles. The number of anilines is 1. The molecule has 12 heavy (non-hydrogen) atoms. The molecule has 0 atom stereocenters. The highest BCUT2D eigenvalue weighted by molar-refractivity contribution is 8.00. The van der Waals surface area contributed by atoms with Crippen LogP contribution >= 0.6 is 23.1 Å². The van der Waals surface area contributed by atoms with Crippen LogP contribution in [0.4, 0.5) is 9.93 Å². The van der Waals surface area contributed by atoms with E-state index in [1.165, 1.54) is 23.1 Å². The summed E-state index contributed by atoms with van der Waals surface area (Å²) in [5.74, 6) is 0. The van der Waals surface area contributed by atoms with E-state index in [1.54, 1.807) is 0 Å².